The Balaban J connectivity index is 0.00000320. The number of likely N-dealkylation sites (tertiary alicyclic amines) is 1. The van der Waals surface area contributed by atoms with Gasteiger partial charge in [0.2, 0.25) is 5.91 Å². The minimum atomic E-state index is 0. The van der Waals surface area contributed by atoms with Crippen molar-refractivity contribution >= 4 is 47.2 Å². The van der Waals surface area contributed by atoms with Crippen molar-refractivity contribution in [2.75, 3.05) is 59.4 Å². The van der Waals surface area contributed by atoms with Gasteiger partial charge in [0.25, 0.3) is 0 Å². The number of rotatable bonds is 5. The summed E-state index contributed by atoms with van der Waals surface area (Å²) in [5.41, 5.74) is 0.0749. The van der Waals surface area contributed by atoms with Crippen LogP contribution in [0.2, 0.25) is 0 Å². The molecule has 1 aromatic heterocycles. The third kappa shape index (κ3) is 7.09. The average molecular weight is 548 g/mol. The summed E-state index contributed by atoms with van der Waals surface area (Å²) in [5, 5.41) is 5.71. The van der Waals surface area contributed by atoms with Crippen LogP contribution in [0.4, 0.5) is 0 Å². The highest BCUT2D eigenvalue weighted by molar-refractivity contribution is 14.0. The van der Waals surface area contributed by atoms with Crippen molar-refractivity contribution in [3.63, 3.8) is 0 Å². The van der Waals surface area contributed by atoms with Crippen molar-refractivity contribution < 1.29 is 4.79 Å². The van der Waals surface area contributed by atoms with Gasteiger partial charge in [-0.2, -0.15) is 0 Å². The molecule has 2 aliphatic rings. The molecule has 6 nitrogen and oxygen atoms in total. The van der Waals surface area contributed by atoms with E-state index in [1.165, 1.54) is 17.7 Å². The lowest BCUT2D eigenvalue weighted by molar-refractivity contribution is -0.132. The predicted octanol–water partition coefficient (Wildman–Crippen LogP) is 3.24. The van der Waals surface area contributed by atoms with Crippen LogP contribution in [-0.4, -0.2) is 86.0 Å². The molecule has 8 heteroatoms. The summed E-state index contributed by atoms with van der Waals surface area (Å²) in [6.07, 6.45) is 4.84. The van der Waals surface area contributed by atoms with Gasteiger partial charge in [-0.05, 0) is 24.3 Å². The number of carbonyl (C=O) groups excluding carboxylic acids is 1. The number of aliphatic imine (C=N–C) groups is 1. The molecule has 30 heavy (non-hydrogen) atoms. The van der Waals surface area contributed by atoms with E-state index in [-0.39, 0.29) is 29.4 Å². The molecule has 0 aliphatic carbocycles. The van der Waals surface area contributed by atoms with Crippen LogP contribution in [0.5, 0.6) is 0 Å². The molecule has 0 spiro atoms. The van der Waals surface area contributed by atoms with Crippen molar-refractivity contribution in [3.8, 4) is 0 Å². The lowest BCUT2D eigenvalue weighted by atomic mass is 9.91. The Bertz CT molecular complexity index is 663. The molecular weight excluding hydrogens is 509 g/mol. The van der Waals surface area contributed by atoms with Crippen molar-refractivity contribution in [3.05, 3.63) is 22.4 Å². The molecule has 3 rings (SSSR count). The third-order valence-corrected chi connectivity index (χ3v) is 7.31. The summed E-state index contributed by atoms with van der Waals surface area (Å²) in [6, 6.07) is 4.32. The van der Waals surface area contributed by atoms with E-state index in [9.17, 15) is 4.79 Å². The zero-order valence-corrected chi connectivity index (χ0v) is 21.9. The molecule has 2 aliphatic heterocycles. The van der Waals surface area contributed by atoms with E-state index in [1.54, 1.807) is 0 Å². The highest BCUT2D eigenvalue weighted by atomic mass is 127. The van der Waals surface area contributed by atoms with E-state index in [0.29, 0.717) is 12.5 Å². The lowest BCUT2D eigenvalue weighted by Crippen LogP contribution is -2.55. The second-order valence-electron chi connectivity index (χ2n) is 8.82. The number of hydrogen-bond acceptors (Lipinski definition) is 4. The number of amides is 1. The van der Waals surface area contributed by atoms with Crippen molar-refractivity contribution in [1.82, 2.24) is 20.0 Å². The van der Waals surface area contributed by atoms with Gasteiger partial charge in [0.15, 0.2) is 5.96 Å². The quantitative estimate of drug-likeness (QED) is 0.350. The maximum Gasteiger partial charge on any atom is 0.236 e. The van der Waals surface area contributed by atoms with Gasteiger partial charge in [0.05, 0.1) is 6.54 Å². The molecule has 2 fully saturated rings. The van der Waals surface area contributed by atoms with Crippen LogP contribution in [0, 0.1) is 0 Å². The number of thiophene rings is 1. The first-order valence-corrected chi connectivity index (χ1v) is 11.9. The Labute approximate surface area is 203 Å². The van der Waals surface area contributed by atoms with Crippen LogP contribution in [-0.2, 0) is 10.2 Å². The molecule has 1 N–H and O–H groups in total. The molecule has 0 radical (unpaired) electrons. The van der Waals surface area contributed by atoms with Gasteiger partial charge in [-0.3, -0.25) is 14.7 Å². The Morgan fingerprint density at radius 1 is 1.07 bits per heavy atom. The van der Waals surface area contributed by atoms with Crippen molar-refractivity contribution in [1.29, 1.82) is 0 Å². The monoisotopic (exact) mass is 547 g/mol. The fourth-order valence-electron chi connectivity index (χ4n) is 4.11. The van der Waals surface area contributed by atoms with Crippen LogP contribution in [0.25, 0.3) is 0 Å². The largest absolute Gasteiger partial charge is 0.355 e. The first-order chi connectivity index (χ1) is 14.0. The maximum absolute atomic E-state index is 12.7. The topological polar surface area (TPSA) is 51.2 Å². The van der Waals surface area contributed by atoms with E-state index in [2.05, 4.69) is 56.4 Å². The number of nitrogens with zero attached hydrogens (tertiary/aromatic N) is 4. The number of halogens is 1. The molecule has 0 saturated carbocycles. The highest BCUT2D eigenvalue weighted by Gasteiger charge is 2.26. The third-order valence-electron chi connectivity index (χ3n) is 6.08. The predicted molar refractivity (Wildman–Crippen MR) is 137 cm³/mol. The molecule has 170 valence electrons. The Morgan fingerprint density at radius 3 is 2.30 bits per heavy atom. The van der Waals surface area contributed by atoms with Gasteiger partial charge < -0.3 is 15.1 Å². The normalized spacial score (nSPS) is 19.2. The summed E-state index contributed by atoms with van der Waals surface area (Å²) < 4.78 is 0. The lowest BCUT2D eigenvalue weighted by Gasteiger charge is -2.37. The Hall–Kier alpha value is -0.870. The second-order valence-corrected chi connectivity index (χ2v) is 9.77. The zero-order valence-electron chi connectivity index (χ0n) is 18.7. The van der Waals surface area contributed by atoms with E-state index < -0.39 is 0 Å². The summed E-state index contributed by atoms with van der Waals surface area (Å²) in [5.74, 6) is 1.27. The summed E-state index contributed by atoms with van der Waals surface area (Å²) in [6.45, 7) is 11.5. The number of nitrogens with one attached hydrogen (secondary N) is 1. The van der Waals surface area contributed by atoms with E-state index in [1.807, 2.05) is 18.4 Å². The van der Waals surface area contributed by atoms with Gasteiger partial charge in [-0.1, -0.05) is 32.8 Å². The number of hydrogen-bond donors (Lipinski definition) is 1. The molecule has 1 amide bonds. The van der Waals surface area contributed by atoms with Gasteiger partial charge in [-0.25, -0.2) is 0 Å². The minimum Gasteiger partial charge on any atom is -0.355 e. The summed E-state index contributed by atoms with van der Waals surface area (Å²) in [7, 11) is 1.86. The number of piperazine rings is 1. The van der Waals surface area contributed by atoms with Crippen LogP contribution in [0.1, 0.15) is 44.4 Å². The first-order valence-electron chi connectivity index (χ1n) is 11.0. The minimum absolute atomic E-state index is 0. The molecule has 0 atom stereocenters. The average Bonchev–Trinajstić information content (AvgIpc) is 3.13. The smallest absolute Gasteiger partial charge is 0.236 e. The molecule has 0 bridgehead atoms. The van der Waals surface area contributed by atoms with Gasteiger partial charge in [-0.15, -0.1) is 35.3 Å². The SMILES string of the molecule is CN=C(NCC(C)(C)c1cccs1)N1CCN(CC(=O)N2CCCCCC2)CC1.I. The molecule has 0 aromatic carbocycles. The van der Waals surface area contributed by atoms with Crippen molar-refractivity contribution in [2.45, 2.75) is 44.9 Å². The molecule has 0 unspecified atom stereocenters. The van der Waals surface area contributed by atoms with Crippen molar-refractivity contribution in [2.24, 2.45) is 4.99 Å². The number of guanidine groups is 1. The van der Waals surface area contributed by atoms with Gasteiger partial charge >= 0.3 is 0 Å². The number of carbonyl (C=O) groups is 1. The maximum atomic E-state index is 12.7. The van der Waals surface area contributed by atoms with E-state index in [0.717, 1.165) is 64.6 Å². The van der Waals surface area contributed by atoms with E-state index in [4.69, 9.17) is 0 Å². The van der Waals surface area contributed by atoms with E-state index >= 15 is 0 Å². The molecular formula is C22H38IN5OS. The molecule has 3 heterocycles. The fourth-order valence-corrected chi connectivity index (χ4v) is 4.96. The summed E-state index contributed by atoms with van der Waals surface area (Å²) >= 11 is 1.81. The van der Waals surface area contributed by atoms with Crippen LogP contribution >= 0.6 is 35.3 Å². The Kier molecular flexibility index (Phi) is 10.4. The Morgan fingerprint density at radius 2 is 1.73 bits per heavy atom. The van der Waals surface area contributed by atoms with Gasteiger partial charge in [0, 0.05) is 63.2 Å². The van der Waals surface area contributed by atoms with Crippen LogP contribution < -0.4 is 5.32 Å². The van der Waals surface area contributed by atoms with Crippen LogP contribution in [0.15, 0.2) is 22.5 Å². The van der Waals surface area contributed by atoms with Gasteiger partial charge in [0.1, 0.15) is 0 Å². The molecule has 1 aromatic rings. The fraction of sp³-hybridized carbons (Fsp3) is 0.727. The zero-order chi connectivity index (χ0) is 20.7. The highest BCUT2D eigenvalue weighted by Crippen LogP contribution is 2.26. The standard InChI is InChI=1S/C22H37N5OS.HI/c1-22(2,19-9-8-16-29-19)18-24-21(23-3)27-14-12-25(13-15-27)17-20(28)26-10-6-4-5-7-11-26;/h8-9,16H,4-7,10-15,17-18H2,1-3H3,(H,23,24);1H. The summed E-state index contributed by atoms with van der Waals surface area (Å²) in [4.78, 5) is 25.2. The first kappa shape index (κ1) is 25.4. The van der Waals surface area contributed by atoms with Crippen LogP contribution in [0.3, 0.4) is 0 Å². The second kappa shape index (κ2) is 12.2. The molecule has 2 saturated heterocycles.